The molecule has 0 saturated carbocycles. The van der Waals surface area contributed by atoms with E-state index in [1.807, 2.05) is 0 Å². The maximum atomic E-state index is 11.8. The molecule has 0 amide bonds. The Morgan fingerprint density at radius 1 is 1.19 bits per heavy atom. The van der Waals surface area contributed by atoms with E-state index in [2.05, 4.69) is 19.4 Å². The molecule has 14 nitrogen and oxygen atoms in total. The Morgan fingerprint density at radius 2 is 1.94 bits per heavy atom. The first-order valence-electron chi connectivity index (χ1n) is 10.1. The van der Waals surface area contributed by atoms with Crippen molar-refractivity contribution >= 4 is 28.1 Å². The van der Waals surface area contributed by atoms with Gasteiger partial charge in [0.2, 0.25) is 17.4 Å². The molecule has 0 aliphatic carbocycles. The molecule has 0 fully saturated rings. The fourth-order valence-electron chi connectivity index (χ4n) is 2.70. The lowest BCUT2D eigenvalue weighted by molar-refractivity contribution is 0.0508. The number of anilines is 2. The highest BCUT2D eigenvalue weighted by Crippen LogP contribution is 2.41. The number of benzene rings is 1. The number of carboxylic acid groups (broad SMARTS) is 1. The van der Waals surface area contributed by atoms with E-state index in [9.17, 15) is 23.4 Å². The molecule has 1 unspecified atom stereocenters. The van der Waals surface area contributed by atoms with Gasteiger partial charge in [-0.25, -0.2) is 9.78 Å². The lowest BCUT2D eigenvalue weighted by Crippen LogP contribution is -2.23. The SMILES string of the molecule is COc1cccc(Oc2c(OCC(O)CO)nc(C(=O)O)nc2N(N=S(=O)=O)c2ccc(C)cn2)c1. The number of aromatic carboxylic acids is 1. The third-order valence-corrected chi connectivity index (χ3v) is 4.65. The van der Waals surface area contributed by atoms with Crippen molar-refractivity contribution in [2.75, 3.05) is 25.3 Å². The van der Waals surface area contributed by atoms with Crippen LogP contribution in [0.5, 0.6) is 23.1 Å². The minimum atomic E-state index is -3.03. The van der Waals surface area contributed by atoms with Gasteiger partial charge in [-0.3, -0.25) is 0 Å². The van der Waals surface area contributed by atoms with Crippen LogP contribution in [0.2, 0.25) is 0 Å². The zero-order valence-electron chi connectivity index (χ0n) is 19.0. The molecule has 1 aromatic carbocycles. The van der Waals surface area contributed by atoms with Crippen LogP contribution in [0.3, 0.4) is 0 Å². The summed E-state index contributed by atoms with van der Waals surface area (Å²) >= 11 is 0. The van der Waals surface area contributed by atoms with Gasteiger partial charge in [-0.15, -0.1) is 0 Å². The molecular weight excluding hydrogens is 498 g/mol. The third-order valence-electron chi connectivity index (χ3n) is 4.35. The molecule has 0 bridgehead atoms. The molecule has 1 atom stereocenters. The van der Waals surface area contributed by atoms with Gasteiger partial charge in [0.15, 0.2) is 5.82 Å². The number of hydrogen-bond acceptors (Lipinski definition) is 12. The number of methoxy groups -OCH3 is 1. The summed E-state index contributed by atoms with van der Waals surface area (Å²) in [5.41, 5.74) is 0.755. The average molecular weight is 519 g/mol. The Bertz CT molecular complexity index is 1360. The van der Waals surface area contributed by atoms with E-state index < -0.39 is 53.3 Å². The van der Waals surface area contributed by atoms with Crippen LogP contribution in [0.1, 0.15) is 16.2 Å². The van der Waals surface area contributed by atoms with Crippen LogP contribution in [0.25, 0.3) is 0 Å². The van der Waals surface area contributed by atoms with Gasteiger partial charge >= 0.3 is 16.5 Å². The van der Waals surface area contributed by atoms with E-state index in [0.717, 1.165) is 10.6 Å². The van der Waals surface area contributed by atoms with Crippen molar-refractivity contribution in [3.8, 4) is 23.1 Å². The summed E-state index contributed by atoms with van der Waals surface area (Å²) < 4.78 is 43.2. The molecular formula is C21H21N5O9S. The summed E-state index contributed by atoms with van der Waals surface area (Å²) in [4.78, 5) is 23.7. The second kappa shape index (κ2) is 11.9. The minimum Gasteiger partial charge on any atom is -0.497 e. The van der Waals surface area contributed by atoms with Crippen molar-refractivity contribution in [1.29, 1.82) is 0 Å². The molecule has 0 aliphatic heterocycles. The first-order chi connectivity index (χ1) is 17.2. The minimum absolute atomic E-state index is 0.0447. The number of rotatable bonds is 11. The number of pyridine rings is 1. The Labute approximate surface area is 206 Å². The van der Waals surface area contributed by atoms with Crippen LogP contribution in [0, 0.1) is 6.92 Å². The fourth-order valence-corrected chi connectivity index (χ4v) is 2.99. The largest absolute Gasteiger partial charge is 0.497 e. The highest BCUT2D eigenvalue weighted by molar-refractivity contribution is 7.61. The molecule has 190 valence electrons. The highest BCUT2D eigenvalue weighted by Gasteiger charge is 2.28. The molecule has 3 aromatic rings. The summed E-state index contributed by atoms with van der Waals surface area (Å²) in [6.45, 7) is 0.598. The summed E-state index contributed by atoms with van der Waals surface area (Å²) in [5, 5.41) is 29.2. The fraction of sp³-hybridized carbons (Fsp3) is 0.238. The maximum Gasteiger partial charge on any atom is 0.374 e. The van der Waals surface area contributed by atoms with Crippen LogP contribution in [0.4, 0.5) is 11.6 Å². The van der Waals surface area contributed by atoms with Crippen molar-refractivity contribution in [2.24, 2.45) is 4.47 Å². The van der Waals surface area contributed by atoms with E-state index in [4.69, 9.17) is 19.3 Å². The molecule has 36 heavy (non-hydrogen) atoms. The van der Waals surface area contributed by atoms with Gasteiger partial charge in [0.1, 0.15) is 24.2 Å². The van der Waals surface area contributed by atoms with Gasteiger partial charge in [0.05, 0.1) is 13.7 Å². The van der Waals surface area contributed by atoms with Crippen LogP contribution in [-0.4, -0.2) is 71.1 Å². The van der Waals surface area contributed by atoms with Crippen molar-refractivity contribution in [2.45, 2.75) is 13.0 Å². The molecule has 0 radical (unpaired) electrons. The number of aliphatic hydroxyl groups is 2. The first-order valence-corrected chi connectivity index (χ1v) is 11.2. The number of nitrogens with zero attached hydrogens (tertiary/aromatic N) is 5. The normalized spacial score (nSPS) is 11.3. The van der Waals surface area contributed by atoms with E-state index in [1.54, 1.807) is 25.1 Å². The zero-order chi connectivity index (χ0) is 26.2. The number of ether oxygens (including phenoxy) is 3. The van der Waals surface area contributed by atoms with Crippen molar-refractivity contribution in [3.63, 3.8) is 0 Å². The molecule has 3 N–H and O–H groups in total. The standard InChI is InChI=1S/C21H21N5O9S/c1-12-6-7-16(22-9-12)26(25-36(31)32)19-17(35-15-5-3-4-14(8-15)33-2)20(34-11-13(28)10-27)24-18(23-19)21(29)30/h3-9,13,27-28H,10-11H2,1-2H3,(H,29,30). The van der Waals surface area contributed by atoms with Crippen molar-refractivity contribution in [3.05, 3.63) is 54.0 Å². The van der Waals surface area contributed by atoms with Gasteiger partial charge in [-0.2, -0.15) is 23.4 Å². The summed E-state index contributed by atoms with van der Waals surface area (Å²) in [6, 6.07) is 9.31. The lowest BCUT2D eigenvalue weighted by Gasteiger charge is -2.21. The van der Waals surface area contributed by atoms with Crippen molar-refractivity contribution in [1.82, 2.24) is 15.0 Å². The van der Waals surface area contributed by atoms with Gasteiger partial charge < -0.3 is 29.5 Å². The molecule has 3 rings (SSSR count). The van der Waals surface area contributed by atoms with Crippen LogP contribution in [-0.2, 0) is 10.5 Å². The van der Waals surface area contributed by atoms with E-state index in [1.165, 1.54) is 31.5 Å². The topological polar surface area (TPSA) is 194 Å². The lowest BCUT2D eigenvalue weighted by atomic mass is 10.3. The van der Waals surface area contributed by atoms with Crippen LogP contribution in [0.15, 0.2) is 47.1 Å². The average Bonchev–Trinajstić information content (AvgIpc) is 2.86. The first kappa shape index (κ1) is 26.3. The van der Waals surface area contributed by atoms with E-state index in [0.29, 0.717) is 5.75 Å². The molecule has 0 saturated heterocycles. The number of aryl methyl sites for hydroxylation is 1. The summed E-state index contributed by atoms with van der Waals surface area (Å²) in [7, 11) is -1.60. The third kappa shape index (κ3) is 6.62. The van der Waals surface area contributed by atoms with Gasteiger partial charge in [-0.1, -0.05) is 12.1 Å². The Hall–Kier alpha value is -4.34. The highest BCUT2D eigenvalue weighted by atomic mass is 32.2. The number of carbonyl (C=O) groups is 1. The van der Waals surface area contributed by atoms with E-state index in [-0.39, 0.29) is 17.3 Å². The monoisotopic (exact) mass is 519 g/mol. The van der Waals surface area contributed by atoms with Crippen molar-refractivity contribution < 1.29 is 42.7 Å². The number of hydrogen-bond donors (Lipinski definition) is 3. The van der Waals surface area contributed by atoms with E-state index >= 15 is 0 Å². The van der Waals surface area contributed by atoms with Gasteiger partial charge in [0, 0.05) is 12.3 Å². The maximum absolute atomic E-state index is 11.8. The number of aliphatic hydroxyl groups excluding tert-OH is 2. The summed E-state index contributed by atoms with van der Waals surface area (Å²) in [6.07, 6.45) is 0.0951. The molecule has 2 heterocycles. The molecule has 0 spiro atoms. The predicted octanol–water partition coefficient (Wildman–Crippen LogP) is 1.53. The second-order valence-corrected chi connectivity index (χ2v) is 7.64. The predicted molar refractivity (Wildman–Crippen MR) is 123 cm³/mol. The second-order valence-electron chi connectivity index (χ2n) is 7.04. The number of carboxylic acids is 1. The molecule has 2 aromatic heterocycles. The summed E-state index contributed by atoms with van der Waals surface area (Å²) in [5.74, 6) is -3.10. The smallest absolute Gasteiger partial charge is 0.374 e. The Balaban J connectivity index is 2.29. The van der Waals surface area contributed by atoms with Gasteiger partial charge in [-0.05, 0) is 35.2 Å². The quantitative estimate of drug-likeness (QED) is 0.309. The molecule has 15 heteroatoms. The molecule has 0 aliphatic rings. The number of aromatic nitrogens is 3. The van der Waals surface area contributed by atoms with Gasteiger partial charge in [0.25, 0.3) is 5.88 Å². The zero-order valence-corrected chi connectivity index (χ0v) is 19.8. The van der Waals surface area contributed by atoms with Crippen LogP contribution >= 0.6 is 0 Å². The Morgan fingerprint density at radius 3 is 2.56 bits per heavy atom. The Kier molecular flexibility index (Phi) is 8.66. The van der Waals surface area contributed by atoms with Crippen LogP contribution < -0.4 is 19.2 Å².